The second-order valence-corrected chi connectivity index (χ2v) is 6.46. The van der Waals surface area contributed by atoms with Gasteiger partial charge in [0, 0.05) is 27.1 Å². The van der Waals surface area contributed by atoms with E-state index in [2.05, 4.69) is 4.98 Å². The smallest absolute Gasteiger partial charge is 0.265 e. The van der Waals surface area contributed by atoms with Crippen LogP contribution < -0.4 is 14.5 Å². The molecule has 4 rings (SSSR count). The molecular weight excluding hydrogens is 344 g/mol. The molecule has 138 valence electrons. The van der Waals surface area contributed by atoms with Crippen LogP contribution in [0.25, 0.3) is 11.0 Å². The molecule has 27 heavy (non-hydrogen) atoms. The Morgan fingerprint density at radius 3 is 2.74 bits per heavy atom. The van der Waals surface area contributed by atoms with Crippen LogP contribution in [0.1, 0.15) is 6.42 Å². The number of carbonyl (C=O) groups excluding carboxylic acids is 2. The van der Waals surface area contributed by atoms with Gasteiger partial charge in [-0.15, -0.1) is 0 Å². The van der Waals surface area contributed by atoms with Crippen molar-refractivity contribution in [3.63, 3.8) is 0 Å². The Labute approximate surface area is 156 Å². The maximum Gasteiger partial charge on any atom is 0.265 e. The van der Waals surface area contributed by atoms with E-state index in [1.54, 1.807) is 11.9 Å². The van der Waals surface area contributed by atoms with E-state index in [9.17, 15) is 9.59 Å². The predicted octanol–water partition coefficient (Wildman–Crippen LogP) is 2.35. The van der Waals surface area contributed by atoms with Crippen LogP contribution in [0, 0.1) is 0 Å². The molecule has 0 aliphatic carbocycles. The zero-order valence-corrected chi connectivity index (χ0v) is 15.3. The molecule has 2 aromatic carbocycles. The third kappa shape index (κ3) is 3.01. The average Bonchev–Trinajstić information content (AvgIpc) is 3.03. The van der Waals surface area contributed by atoms with Gasteiger partial charge in [0.2, 0.25) is 11.9 Å². The Balaban J connectivity index is 1.51. The summed E-state index contributed by atoms with van der Waals surface area (Å²) in [4.78, 5) is 32.7. The average molecular weight is 364 g/mol. The van der Waals surface area contributed by atoms with Crippen molar-refractivity contribution in [1.82, 2.24) is 9.55 Å². The van der Waals surface area contributed by atoms with E-state index in [0.717, 1.165) is 11.0 Å². The number of anilines is 2. The highest BCUT2D eigenvalue weighted by Gasteiger charge is 2.26. The lowest BCUT2D eigenvalue weighted by atomic mass is 10.2. The second-order valence-electron chi connectivity index (χ2n) is 6.46. The number of hydrogen-bond donors (Lipinski definition) is 0. The molecule has 7 nitrogen and oxygen atoms in total. The summed E-state index contributed by atoms with van der Waals surface area (Å²) < 4.78 is 7.33. The maximum atomic E-state index is 12.7. The summed E-state index contributed by atoms with van der Waals surface area (Å²) in [5, 5.41) is 0. The fourth-order valence-corrected chi connectivity index (χ4v) is 3.32. The van der Waals surface area contributed by atoms with E-state index in [1.165, 1.54) is 4.90 Å². The molecule has 1 aromatic heterocycles. The molecule has 2 amide bonds. The van der Waals surface area contributed by atoms with Crippen LogP contribution in [0.15, 0.2) is 48.5 Å². The van der Waals surface area contributed by atoms with Crippen molar-refractivity contribution < 1.29 is 14.3 Å². The zero-order chi connectivity index (χ0) is 19.0. The molecule has 0 saturated carbocycles. The SMILES string of the molecule is CN(C(=O)CCN1C(=O)COc2ccccc21)c1nc2ccccc2n1C. The summed E-state index contributed by atoms with van der Waals surface area (Å²) in [6.45, 7) is 0.290. The molecule has 0 saturated heterocycles. The van der Waals surface area contributed by atoms with Crippen LogP contribution in [-0.4, -0.2) is 41.6 Å². The molecule has 0 unspecified atom stereocenters. The number of imidazole rings is 1. The minimum absolute atomic E-state index is 0.00814. The van der Waals surface area contributed by atoms with E-state index in [-0.39, 0.29) is 24.8 Å². The lowest BCUT2D eigenvalue weighted by Crippen LogP contribution is -2.41. The number of fused-ring (bicyclic) bond motifs is 2. The summed E-state index contributed by atoms with van der Waals surface area (Å²) in [7, 11) is 3.59. The number of nitrogens with zero attached hydrogens (tertiary/aromatic N) is 4. The molecule has 0 N–H and O–H groups in total. The summed E-state index contributed by atoms with van der Waals surface area (Å²) in [5.74, 6) is 0.986. The van der Waals surface area contributed by atoms with Crippen molar-refractivity contribution >= 4 is 34.5 Å². The molecule has 0 fully saturated rings. The third-order valence-corrected chi connectivity index (χ3v) is 4.80. The second kappa shape index (κ2) is 6.75. The van der Waals surface area contributed by atoms with Crippen LogP contribution in [0.2, 0.25) is 0 Å². The van der Waals surface area contributed by atoms with Gasteiger partial charge in [-0.05, 0) is 24.3 Å². The zero-order valence-electron chi connectivity index (χ0n) is 15.3. The molecule has 1 aliphatic rings. The van der Waals surface area contributed by atoms with Crippen LogP contribution in [0.4, 0.5) is 11.6 Å². The number of hydrogen-bond acceptors (Lipinski definition) is 4. The van der Waals surface area contributed by atoms with Gasteiger partial charge in [0.25, 0.3) is 5.91 Å². The number of carbonyl (C=O) groups is 2. The topological polar surface area (TPSA) is 67.7 Å². The number of aryl methyl sites for hydroxylation is 1. The van der Waals surface area contributed by atoms with Gasteiger partial charge >= 0.3 is 0 Å². The van der Waals surface area contributed by atoms with Crippen LogP contribution in [0.5, 0.6) is 5.75 Å². The van der Waals surface area contributed by atoms with Gasteiger partial charge in [-0.1, -0.05) is 24.3 Å². The summed E-state index contributed by atoms with van der Waals surface area (Å²) in [5.41, 5.74) is 2.50. The van der Waals surface area contributed by atoms with E-state index >= 15 is 0 Å². The Kier molecular flexibility index (Phi) is 4.27. The maximum absolute atomic E-state index is 12.7. The molecule has 3 aromatic rings. The first kappa shape index (κ1) is 17.1. The standard InChI is InChI=1S/C20H20N4O3/c1-22-15-8-4-3-7-14(15)21-20(22)23(2)18(25)11-12-24-16-9-5-6-10-17(16)27-13-19(24)26/h3-10H,11-13H2,1-2H3. The van der Waals surface area contributed by atoms with Gasteiger partial charge in [-0.3, -0.25) is 14.5 Å². The Bertz CT molecular complexity index is 1030. The number of amides is 2. The van der Waals surface area contributed by atoms with Crippen molar-refractivity contribution in [3.05, 3.63) is 48.5 Å². The first-order chi connectivity index (χ1) is 13.1. The van der Waals surface area contributed by atoms with Gasteiger partial charge in [0.05, 0.1) is 16.7 Å². The number of benzene rings is 2. The van der Waals surface area contributed by atoms with Gasteiger partial charge in [0.15, 0.2) is 6.61 Å². The highest BCUT2D eigenvalue weighted by Crippen LogP contribution is 2.31. The van der Waals surface area contributed by atoms with E-state index in [1.807, 2.05) is 60.1 Å². The highest BCUT2D eigenvalue weighted by molar-refractivity contribution is 5.99. The number of para-hydroxylation sites is 4. The van der Waals surface area contributed by atoms with E-state index in [0.29, 0.717) is 23.9 Å². The van der Waals surface area contributed by atoms with E-state index < -0.39 is 0 Å². The minimum atomic E-state index is -0.146. The number of aromatic nitrogens is 2. The van der Waals surface area contributed by atoms with Gasteiger partial charge in [0.1, 0.15) is 5.75 Å². The lowest BCUT2D eigenvalue weighted by Gasteiger charge is -2.29. The van der Waals surface area contributed by atoms with Crippen molar-refractivity contribution in [2.45, 2.75) is 6.42 Å². The molecule has 0 radical (unpaired) electrons. The van der Waals surface area contributed by atoms with E-state index in [4.69, 9.17) is 4.74 Å². The van der Waals surface area contributed by atoms with Gasteiger partial charge in [-0.2, -0.15) is 0 Å². The first-order valence-electron chi connectivity index (χ1n) is 8.76. The van der Waals surface area contributed by atoms with Gasteiger partial charge in [-0.25, -0.2) is 4.98 Å². The van der Waals surface area contributed by atoms with Crippen molar-refractivity contribution in [2.75, 3.05) is 30.0 Å². The largest absolute Gasteiger partial charge is 0.482 e. The quantitative estimate of drug-likeness (QED) is 0.713. The summed E-state index contributed by atoms with van der Waals surface area (Å²) >= 11 is 0. The van der Waals surface area contributed by atoms with Crippen LogP contribution in [0.3, 0.4) is 0 Å². The Morgan fingerprint density at radius 2 is 1.93 bits per heavy atom. The van der Waals surface area contributed by atoms with Gasteiger partial charge < -0.3 is 14.2 Å². The van der Waals surface area contributed by atoms with Crippen LogP contribution >= 0.6 is 0 Å². The normalized spacial score (nSPS) is 13.4. The van der Waals surface area contributed by atoms with Crippen molar-refractivity contribution in [2.24, 2.45) is 7.05 Å². The molecule has 0 atom stereocenters. The molecular formula is C20H20N4O3. The Morgan fingerprint density at radius 1 is 1.19 bits per heavy atom. The van der Waals surface area contributed by atoms with Crippen molar-refractivity contribution in [3.8, 4) is 5.75 Å². The molecule has 0 spiro atoms. The minimum Gasteiger partial charge on any atom is -0.482 e. The Hall–Kier alpha value is -3.35. The summed E-state index contributed by atoms with van der Waals surface area (Å²) in [6.07, 6.45) is 0.194. The molecule has 2 heterocycles. The third-order valence-electron chi connectivity index (χ3n) is 4.80. The molecule has 7 heteroatoms. The highest BCUT2D eigenvalue weighted by atomic mass is 16.5. The number of ether oxygens (including phenoxy) is 1. The van der Waals surface area contributed by atoms with Crippen molar-refractivity contribution in [1.29, 1.82) is 0 Å². The molecule has 1 aliphatic heterocycles. The first-order valence-corrected chi connectivity index (χ1v) is 8.76. The summed E-state index contributed by atoms with van der Waals surface area (Å²) in [6, 6.07) is 15.1. The fraction of sp³-hybridized carbons (Fsp3) is 0.250. The fourth-order valence-electron chi connectivity index (χ4n) is 3.32. The lowest BCUT2D eigenvalue weighted by molar-refractivity contribution is -0.121. The number of rotatable bonds is 4. The molecule has 0 bridgehead atoms. The monoisotopic (exact) mass is 364 g/mol. The van der Waals surface area contributed by atoms with Crippen LogP contribution in [-0.2, 0) is 16.6 Å². The predicted molar refractivity (Wildman–Crippen MR) is 103 cm³/mol.